The number of benzene rings is 3. The molecule has 0 radical (unpaired) electrons. The average Bonchev–Trinajstić information content (AvgIpc) is 3.54. The Labute approximate surface area is 255 Å². The summed E-state index contributed by atoms with van der Waals surface area (Å²) < 4.78 is 6.15. The monoisotopic (exact) mass is 623 g/mol. The molecule has 7 nitrogen and oxygen atoms in total. The van der Waals surface area contributed by atoms with Crippen LogP contribution in [-0.4, -0.2) is 33.6 Å². The molecule has 1 aliphatic heterocycles. The number of carbonyl (C=O) groups excluding carboxylic acids is 2. The predicted molar refractivity (Wildman–Crippen MR) is 164 cm³/mol. The number of carbonyl (C=O) groups is 2. The van der Waals surface area contributed by atoms with Crippen LogP contribution in [0.5, 0.6) is 5.75 Å². The first-order chi connectivity index (χ1) is 19.9. The smallest absolute Gasteiger partial charge is 0.296 e. The van der Waals surface area contributed by atoms with Crippen molar-refractivity contribution in [2.45, 2.75) is 23.1 Å². The Balaban J connectivity index is 1.46. The highest BCUT2D eigenvalue weighted by atomic mass is 35.5. The van der Waals surface area contributed by atoms with Crippen molar-refractivity contribution in [3.8, 4) is 5.75 Å². The van der Waals surface area contributed by atoms with Crippen molar-refractivity contribution in [2.75, 3.05) is 11.5 Å². The van der Waals surface area contributed by atoms with Gasteiger partial charge in [-0.2, -0.15) is 0 Å². The van der Waals surface area contributed by atoms with Gasteiger partial charge < -0.3 is 9.84 Å². The summed E-state index contributed by atoms with van der Waals surface area (Å²) in [6.45, 7) is 2.38. The van der Waals surface area contributed by atoms with Gasteiger partial charge in [0.15, 0.2) is 15.9 Å². The molecule has 0 saturated carbocycles. The van der Waals surface area contributed by atoms with Gasteiger partial charge in [-0.05, 0) is 54.0 Å². The third-order valence-electron chi connectivity index (χ3n) is 6.18. The number of ketones is 1. The molecule has 5 rings (SSSR count). The molecule has 0 aliphatic carbocycles. The summed E-state index contributed by atoms with van der Waals surface area (Å²) in [5.74, 6) is -0.679. The molecule has 1 N–H and O–H groups in total. The number of amides is 1. The summed E-state index contributed by atoms with van der Waals surface area (Å²) in [6, 6.07) is 20.7. The van der Waals surface area contributed by atoms with Gasteiger partial charge in [-0.25, -0.2) is 0 Å². The van der Waals surface area contributed by atoms with Crippen molar-refractivity contribution >= 4 is 69.2 Å². The second kappa shape index (κ2) is 12.9. The lowest BCUT2D eigenvalue weighted by Crippen LogP contribution is -2.30. The van der Waals surface area contributed by atoms with E-state index in [0.717, 1.165) is 11.1 Å². The van der Waals surface area contributed by atoms with Crippen molar-refractivity contribution in [1.29, 1.82) is 0 Å². The van der Waals surface area contributed by atoms with Crippen LogP contribution in [0.1, 0.15) is 29.7 Å². The van der Waals surface area contributed by atoms with E-state index in [-0.39, 0.29) is 10.7 Å². The summed E-state index contributed by atoms with van der Waals surface area (Å²) in [6.07, 6.45) is 3.00. The number of hydrogen-bond acceptors (Lipinski definition) is 8. The van der Waals surface area contributed by atoms with Crippen LogP contribution in [-0.2, 0) is 15.3 Å². The minimum Gasteiger partial charge on any atom is -0.503 e. The number of aromatic nitrogens is 2. The highest BCUT2D eigenvalue weighted by molar-refractivity contribution is 8.00. The Morgan fingerprint density at radius 3 is 2.56 bits per heavy atom. The zero-order valence-electron chi connectivity index (χ0n) is 21.7. The minimum atomic E-state index is -0.914. The number of ether oxygens (including phenoxy) is 1. The quantitative estimate of drug-likeness (QED) is 0.110. The third kappa shape index (κ3) is 6.49. The van der Waals surface area contributed by atoms with Gasteiger partial charge in [-0.1, -0.05) is 101 Å². The van der Waals surface area contributed by atoms with Crippen LogP contribution < -0.4 is 9.64 Å². The number of rotatable bonds is 10. The number of allylic oxidation sites excluding steroid dienone is 1. The van der Waals surface area contributed by atoms with Crippen LogP contribution in [0.15, 0.2) is 94.5 Å². The molecule has 2 heterocycles. The maximum atomic E-state index is 13.5. The molecule has 0 bridgehead atoms. The maximum absolute atomic E-state index is 13.5. The molecule has 4 aromatic rings. The van der Waals surface area contributed by atoms with Gasteiger partial charge in [0.1, 0.15) is 5.75 Å². The first-order valence-corrected chi connectivity index (χ1v) is 15.1. The SMILES string of the molecule is CCOc1ccc(C2C(C(=O)C=Cc3ccccc3)=C(O)C(=O)N2c2nnc(SCc3ccc(Cl)cc3Cl)s2)cc1. The topological polar surface area (TPSA) is 92.6 Å². The first-order valence-electron chi connectivity index (χ1n) is 12.5. The first kappa shape index (κ1) is 28.9. The minimum absolute atomic E-state index is 0.0382. The summed E-state index contributed by atoms with van der Waals surface area (Å²) in [5, 5.41) is 20.8. The molecule has 11 heteroatoms. The van der Waals surface area contributed by atoms with E-state index in [2.05, 4.69) is 10.2 Å². The Kier molecular flexibility index (Phi) is 9.09. The van der Waals surface area contributed by atoms with Crippen molar-refractivity contribution in [1.82, 2.24) is 10.2 Å². The molecule has 1 atom stereocenters. The number of aliphatic hydroxyl groups excluding tert-OH is 1. The highest BCUT2D eigenvalue weighted by Gasteiger charge is 2.45. The number of hydrogen-bond donors (Lipinski definition) is 1. The van der Waals surface area contributed by atoms with Crippen molar-refractivity contribution in [2.24, 2.45) is 0 Å². The lowest BCUT2D eigenvalue weighted by molar-refractivity contribution is -0.117. The summed E-state index contributed by atoms with van der Waals surface area (Å²) in [7, 11) is 0. The van der Waals surface area contributed by atoms with Gasteiger partial charge in [0.2, 0.25) is 5.13 Å². The Bertz CT molecular complexity index is 1640. The second-order valence-electron chi connectivity index (χ2n) is 8.83. The van der Waals surface area contributed by atoms with Crippen LogP contribution in [0.3, 0.4) is 0 Å². The van der Waals surface area contributed by atoms with E-state index >= 15 is 0 Å². The maximum Gasteiger partial charge on any atom is 0.296 e. The van der Waals surface area contributed by atoms with Crippen LogP contribution in [0.25, 0.3) is 6.08 Å². The van der Waals surface area contributed by atoms with Crippen molar-refractivity contribution in [3.05, 3.63) is 117 Å². The zero-order valence-corrected chi connectivity index (χ0v) is 24.8. The van der Waals surface area contributed by atoms with E-state index in [9.17, 15) is 14.7 Å². The van der Waals surface area contributed by atoms with Crippen LogP contribution in [0.4, 0.5) is 5.13 Å². The molecule has 1 aromatic heterocycles. The normalized spacial score (nSPS) is 15.2. The van der Waals surface area contributed by atoms with E-state index in [1.54, 1.807) is 42.5 Å². The Morgan fingerprint density at radius 2 is 1.85 bits per heavy atom. The lowest BCUT2D eigenvalue weighted by atomic mass is 9.95. The average molecular weight is 625 g/mol. The molecule has 1 aliphatic rings. The summed E-state index contributed by atoms with van der Waals surface area (Å²) in [5.41, 5.74) is 2.26. The second-order valence-corrected chi connectivity index (χ2v) is 11.8. The fourth-order valence-electron chi connectivity index (χ4n) is 4.24. The fraction of sp³-hybridized carbons (Fsp3) is 0.133. The Morgan fingerprint density at radius 1 is 1.10 bits per heavy atom. The molecule has 0 spiro atoms. The van der Waals surface area contributed by atoms with E-state index in [0.29, 0.717) is 38.1 Å². The molecule has 0 saturated heterocycles. The van der Waals surface area contributed by atoms with E-state index in [4.69, 9.17) is 27.9 Å². The molecule has 1 amide bonds. The molecule has 41 heavy (non-hydrogen) atoms. The molecular weight excluding hydrogens is 601 g/mol. The number of halogens is 2. The molecular formula is C30H23Cl2N3O4S2. The number of anilines is 1. The number of thioether (sulfide) groups is 1. The van der Waals surface area contributed by atoms with Gasteiger partial charge in [0.05, 0.1) is 18.2 Å². The lowest BCUT2D eigenvalue weighted by Gasteiger charge is -2.24. The van der Waals surface area contributed by atoms with E-state index < -0.39 is 23.5 Å². The van der Waals surface area contributed by atoms with Crippen LogP contribution in [0, 0.1) is 0 Å². The van der Waals surface area contributed by atoms with Crippen LogP contribution >= 0.6 is 46.3 Å². The van der Waals surface area contributed by atoms with Gasteiger partial charge in [-0.3, -0.25) is 14.5 Å². The largest absolute Gasteiger partial charge is 0.503 e. The zero-order chi connectivity index (χ0) is 28.9. The standard InChI is InChI=1S/C30H23Cl2N3O4S2/c1-2-39-22-13-10-19(11-14-22)26-25(24(36)15-8-18-6-4-3-5-7-18)27(37)28(38)35(26)29-33-34-30(41-29)40-17-20-9-12-21(31)16-23(20)32/h3-16,26,37H,2,17H2,1H3. The van der Waals surface area contributed by atoms with Crippen molar-refractivity contribution in [3.63, 3.8) is 0 Å². The van der Waals surface area contributed by atoms with E-state index in [1.807, 2.05) is 43.3 Å². The van der Waals surface area contributed by atoms with Crippen molar-refractivity contribution < 1.29 is 19.4 Å². The van der Waals surface area contributed by atoms with Gasteiger partial charge in [0, 0.05) is 15.8 Å². The van der Waals surface area contributed by atoms with Gasteiger partial charge >= 0.3 is 0 Å². The predicted octanol–water partition coefficient (Wildman–Crippen LogP) is 7.72. The molecule has 208 valence electrons. The number of nitrogens with zero attached hydrogens (tertiary/aromatic N) is 3. The van der Waals surface area contributed by atoms with Crippen LogP contribution in [0.2, 0.25) is 10.0 Å². The summed E-state index contributed by atoms with van der Waals surface area (Å²) in [4.78, 5) is 28.2. The van der Waals surface area contributed by atoms with Gasteiger partial charge in [-0.15, -0.1) is 10.2 Å². The molecule has 1 unspecified atom stereocenters. The van der Waals surface area contributed by atoms with Gasteiger partial charge in [0.25, 0.3) is 5.91 Å². The molecule has 0 fully saturated rings. The molecule has 3 aromatic carbocycles. The number of aliphatic hydroxyl groups is 1. The Hall–Kier alpha value is -3.63. The highest BCUT2D eigenvalue weighted by Crippen LogP contribution is 2.43. The fourth-order valence-corrected chi connectivity index (χ4v) is 6.67. The third-order valence-corrected chi connectivity index (χ3v) is 8.87. The van der Waals surface area contributed by atoms with E-state index in [1.165, 1.54) is 34.1 Å². The summed E-state index contributed by atoms with van der Waals surface area (Å²) >= 11 is 14.9.